The number of aryl methyl sites for hydroxylation is 3. The lowest BCUT2D eigenvalue weighted by Crippen LogP contribution is -2.17. The second-order valence-corrected chi connectivity index (χ2v) is 6.47. The van der Waals surface area contributed by atoms with Crippen LogP contribution in [0.25, 0.3) is 0 Å². The van der Waals surface area contributed by atoms with E-state index >= 15 is 0 Å². The molecule has 2 aromatic carbocycles. The van der Waals surface area contributed by atoms with Crippen molar-refractivity contribution in [2.75, 3.05) is 10.6 Å². The summed E-state index contributed by atoms with van der Waals surface area (Å²) in [5.41, 5.74) is 3.81. The average molecular weight is 377 g/mol. The van der Waals surface area contributed by atoms with Gasteiger partial charge in [-0.3, -0.25) is 9.59 Å². The molecule has 2 amide bonds. The minimum absolute atomic E-state index is 0.248. The first-order valence-corrected chi connectivity index (χ1v) is 9.28. The van der Waals surface area contributed by atoms with Crippen LogP contribution in [0.4, 0.5) is 11.5 Å². The van der Waals surface area contributed by atoms with E-state index in [1.165, 1.54) is 0 Å². The number of amides is 2. The predicted octanol–water partition coefficient (Wildman–Crippen LogP) is 4.61. The van der Waals surface area contributed by atoms with Crippen molar-refractivity contribution < 1.29 is 14.1 Å². The normalized spacial score (nSPS) is 10.5. The molecule has 3 rings (SSSR count). The molecule has 0 aliphatic carbocycles. The number of rotatable bonds is 6. The Bertz CT molecular complexity index is 986. The van der Waals surface area contributed by atoms with Gasteiger partial charge in [0.15, 0.2) is 5.82 Å². The number of para-hydroxylation sites is 1. The highest BCUT2D eigenvalue weighted by Crippen LogP contribution is 2.23. The van der Waals surface area contributed by atoms with E-state index in [9.17, 15) is 9.59 Å². The molecule has 2 N–H and O–H groups in total. The van der Waals surface area contributed by atoms with Crippen LogP contribution in [0.5, 0.6) is 0 Å². The van der Waals surface area contributed by atoms with E-state index in [0.717, 1.165) is 29.7 Å². The molecule has 0 spiro atoms. The summed E-state index contributed by atoms with van der Waals surface area (Å²) in [4.78, 5) is 25.2. The van der Waals surface area contributed by atoms with Gasteiger partial charge in [0.2, 0.25) is 0 Å². The Kier molecular flexibility index (Phi) is 5.89. The van der Waals surface area contributed by atoms with Crippen LogP contribution < -0.4 is 10.6 Å². The van der Waals surface area contributed by atoms with Crippen LogP contribution in [0.2, 0.25) is 0 Å². The Morgan fingerprint density at radius 2 is 1.46 bits per heavy atom. The van der Waals surface area contributed by atoms with Gasteiger partial charge in [0.05, 0.1) is 0 Å². The first-order valence-electron chi connectivity index (χ1n) is 9.28. The van der Waals surface area contributed by atoms with Crippen molar-refractivity contribution in [3.63, 3.8) is 0 Å². The zero-order chi connectivity index (χ0) is 20.1. The van der Waals surface area contributed by atoms with Crippen molar-refractivity contribution >= 4 is 23.3 Å². The van der Waals surface area contributed by atoms with Crippen molar-refractivity contribution in [2.24, 2.45) is 0 Å². The molecule has 0 bridgehead atoms. The minimum atomic E-state index is -0.355. The third-order valence-corrected chi connectivity index (χ3v) is 4.49. The molecule has 6 nitrogen and oxygen atoms in total. The van der Waals surface area contributed by atoms with Crippen LogP contribution in [0.1, 0.15) is 51.5 Å². The number of nitrogens with one attached hydrogen (secondary N) is 2. The maximum absolute atomic E-state index is 12.8. The smallest absolute Gasteiger partial charge is 0.256 e. The standard InChI is InChI=1S/C22H23N3O3/c1-4-15-8-6-9-16(5-2)20(15)24-22(27)18-11-7-10-17(13-18)21(26)23-19-12-14(3)28-25-19/h6-13H,4-5H2,1-3H3,(H,24,27)(H,23,25,26). The Morgan fingerprint density at radius 3 is 2.00 bits per heavy atom. The zero-order valence-corrected chi connectivity index (χ0v) is 16.2. The first kappa shape index (κ1) is 19.4. The lowest BCUT2D eigenvalue weighted by atomic mass is 10.0. The summed E-state index contributed by atoms with van der Waals surface area (Å²) in [5.74, 6) is 0.334. The number of aromatic nitrogens is 1. The van der Waals surface area contributed by atoms with Crippen molar-refractivity contribution in [3.05, 3.63) is 76.5 Å². The highest BCUT2D eigenvalue weighted by molar-refractivity contribution is 6.08. The Hall–Kier alpha value is -3.41. The quantitative estimate of drug-likeness (QED) is 0.657. The Labute approximate surface area is 163 Å². The average Bonchev–Trinajstić information content (AvgIpc) is 3.12. The molecule has 0 aliphatic rings. The minimum Gasteiger partial charge on any atom is -0.360 e. The van der Waals surface area contributed by atoms with Gasteiger partial charge >= 0.3 is 0 Å². The summed E-state index contributed by atoms with van der Waals surface area (Å²) >= 11 is 0. The second-order valence-electron chi connectivity index (χ2n) is 6.47. The fourth-order valence-corrected chi connectivity index (χ4v) is 3.00. The van der Waals surface area contributed by atoms with Crippen LogP contribution in [0.3, 0.4) is 0 Å². The largest absolute Gasteiger partial charge is 0.360 e. The number of anilines is 2. The molecule has 0 saturated heterocycles. The monoisotopic (exact) mass is 377 g/mol. The molecule has 0 aliphatic heterocycles. The maximum atomic E-state index is 12.8. The number of carbonyl (C=O) groups excluding carboxylic acids is 2. The van der Waals surface area contributed by atoms with Gasteiger partial charge in [0.25, 0.3) is 11.8 Å². The third-order valence-electron chi connectivity index (χ3n) is 4.49. The third kappa shape index (κ3) is 4.28. The molecule has 0 unspecified atom stereocenters. The number of hydrogen-bond donors (Lipinski definition) is 2. The molecule has 0 fully saturated rings. The van der Waals surface area contributed by atoms with Crippen molar-refractivity contribution in [1.29, 1.82) is 0 Å². The highest BCUT2D eigenvalue weighted by atomic mass is 16.5. The molecule has 1 heterocycles. The van der Waals surface area contributed by atoms with Gasteiger partial charge in [-0.2, -0.15) is 0 Å². The molecule has 144 valence electrons. The molecular weight excluding hydrogens is 354 g/mol. The van der Waals surface area contributed by atoms with E-state index in [-0.39, 0.29) is 11.8 Å². The molecule has 28 heavy (non-hydrogen) atoms. The predicted molar refractivity (Wildman–Crippen MR) is 109 cm³/mol. The number of benzene rings is 2. The van der Waals surface area contributed by atoms with Gasteiger partial charge in [0, 0.05) is 22.9 Å². The van der Waals surface area contributed by atoms with Crippen LogP contribution in [-0.2, 0) is 12.8 Å². The van der Waals surface area contributed by atoms with E-state index in [2.05, 4.69) is 29.6 Å². The highest BCUT2D eigenvalue weighted by Gasteiger charge is 2.15. The van der Waals surface area contributed by atoms with E-state index in [4.69, 9.17) is 4.52 Å². The van der Waals surface area contributed by atoms with Gasteiger partial charge in [-0.15, -0.1) is 0 Å². The molecule has 0 saturated carbocycles. The van der Waals surface area contributed by atoms with Crippen LogP contribution in [0, 0.1) is 6.92 Å². The van der Waals surface area contributed by atoms with E-state index < -0.39 is 0 Å². The van der Waals surface area contributed by atoms with E-state index in [0.29, 0.717) is 22.7 Å². The van der Waals surface area contributed by atoms with E-state index in [1.807, 2.05) is 18.2 Å². The summed E-state index contributed by atoms with van der Waals surface area (Å²) in [7, 11) is 0. The summed E-state index contributed by atoms with van der Waals surface area (Å²) in [6.07, 6.45) is 1.64. The molecule has 1 aromatic heterocycles. The van der Waals surface area contributed by atoms with Gasteiger partial charge in [-0.05, 0) is 49.1 Å². The molecule has 6 heteroatoms. The summed E-state index contributed by atoms with van der Waals surface area (Å²) in [6.45, 7) is 5.86. The summed E-state index contributed by atoms with van der Waals surface area (Å²) < 4.78 is 4.94. The van der Waals surface area contributed by atoms with E-state index in [1.54, 1.807) is 37.3 Å². The Balaban J connectivity index is 1.80. The summed E-state index contributed by atoms with van der Waals surface area (Å²) in [6, 6.07) is 14.2. The number of nitrogens with zero attached hydrogens (tertiary/aromatic N) is 1. The molecule has 3 aromatic rings. The Morgan fingerprint density at radius 1 is 0.893 bits per heavy atom. The van der Waals surface area contributed by atoms with Gasteiger partial charge in [-0.1, -0.05) is 43.3 Å². The molecule has 0 radical (unpaired) electrons. The van der Waals surface area contributed by atoms with Crippen molar-refractivity contribution in [2.45, 2.75) is 33.6 Å². The summed E-state index contributed by atoms with van der Waals surface area (Å²) in [5, 5.41) is 9.42. The fourth-order valence-electron chi connectivity index (χ4n) is 3.00. The van der Waals surface area contributed by atoms with Crippen LogP contribution in [-0.4, -0.2) is 17.0 Å². The number of hydrogen-bond acceptors (Lipinski definition) is 4. The van der Waals surface area contributed by atoms with Gasteiger partial charge in [-0.25, -0.2) is 0 Å². The molecular formula is C22H23N3O3. The van der Waals surface area contributed by atoms with Crippen molar-refractivity contribution in [3.8, 4) is 0 Å². The van der Waals surface area contributed by atoms with Gasteiger partial charge in [0.1, 0.15) is 5.76 Å². The maximum Gasteiger partial charge on any atom is 0.256 e. The van der Waals surface area contributed by atoms with Crippen LogP contribution in [0.15, 0.2) is 53.1 Å². The lowest BCUT2D eigenvalue weighted by molar-refractivity contribution is 0.102. The SMILES string of the molecule is CCc1cccc(CC)c1NC(=O)c1cccc(C(=O)Nc2cc(C)on2)c1. The fraction of sp³-hybridized carbons (Fsp3) is 0.227. The number of carbonyl (C=O) groups is 2. The van der Waals surface area contributed by atoms with Crippen molar-refractivity contribution in [1.82, 2.24) is 5.16 Å². The zero-order valence-electron chi connectivity index (χ0n) is 16.2. The molecule has 0 atom stereocenters. The first-order chi connectivity index (χ1) is 13.5. The second kappa shape index (κ2) is 8.52. The lowest BCUT2D eigenvalue weighted by Gasteiger charge is -2.14. The topological polar surface area (TPSA) is 84.2 Å². The van der Waals surface area contributed by atoms with Crippen LogP contribution >= 0.6 is 0 Å². The van der Waals surface area contributed by atoms with Gasteiger partial charge < -0.3 is 15.2 Å².